The van der Waals surface area contributed by atoms with E-state index in [4.69, 9.17) is 0 Å². The summed E-state index contributed by atoms with van der Waals surface area (Å²) in [4.78, 5) is 24.9. The number of fused-ring (bicyclic) bond motifs is 1. The number of nitrogens with zero attached hydrogens (tertiary/aromatic N) is 3. The molecule has 2 aromatic carbocycles. The molecule has 8 nitrogen and oxygen atoms in total. The minimum Gasteiger partial charge on any atom is -0.326 e. The van der Waals surface area contributed by atoms with E-state index >= 15 is 0 Å². The summed E-state index contributed by atoms with van der Waals surface area (Å²) >= 11 is 3.35. The summed E-state index contributed by atoms with van der Waals surface area (Å²) in [5.41, 5.74) is 2.76. The Balaban J connectivity index is 1.38. The molecule has 0 aliphatic carbocycles. The van der Waals surface area contributed by atoms with Crippen molar-refractivity contribution < 1.29 is 13.2 Å². The quantitative estimate of drug-likeness (QED) is 0.559. The van der Waals surface area contributed by atoms with Gasteiger partial charge in [-0.2, -0.15) is 0 Å². The number of nitrogens with one attached hydrogen (secondary N) is 1. The van der Waals surface area contributed by atoms with E-state index in [1.165, 1.54) is 4.31 Å². The van der Waals surface area contributed by atoms with Gasteiger partial charge in [0, 0.05) is 43.3 Å². The number of hydrogen-bond acceptors (Lipinski definition) is 4. The third-order valence-electron chi connectivity index (χ3n) is 6.02. The van der Waals surface area contributed by atoms with Crippen molar-refractivity contribution in [3.05, 3.63) is 63.0 Å². The van der Waals surface area contributed by atoms with Crippen LogP contribution in [-0.2, 0) is 34.7 Å². The number of halogens is 1. The van der Waals surface area contributed by atoms with E-state index in [-0.39, 0.29) is 23.3 Å². The number of anilines is 1. The lowest BCUT2D eigenvalue weighted by Gasteiger charge is -2.30. The lowest BCUT2D eigenvalue weighted by atomic mass is 9.97. The first-order valence-corrected chi connectivity index (χ1v) is 12.7. The van der Waals surface area contributed by atoms with Crippen LogP contribution in [0.25, 0.3) is 11.0 Å². The molecule has 1 N–H and O–H groups in total. The molecule has 10 heteroatoms. The van der Waals surface area contributed by atoms with E-state index in [9.17, 15) is 18.0 Å². The van der Waals surface area contributed by atoms with Gasteiger partial charge in [-0.1, -0.05) is 28.1 Å². The van der Waals surface area contributed by atoms with Crippen molar-refractivity contribution in [1.82, 2.24) is 13.4 Å². The van der Waals surface area contributed by atoms with Gasteiger partial charge in [0.1, 0.15) is 0 Å². The summed E-state index contributed by atoms with van der Waals surface area (Å²) < 4.78 is 31.0. The number of benzene rings is 2. The average molecular weight is 521 g/mol. The minimum atomic E-state index is -3.44. The Hall–Kier alpha value is -2.43. The molecular weight excluding hydrogens is 496 g/mol. The zero-order valence-electron chi connectivity index (χ0n) is 17.9. The lowest BCUT2D eigenvalue weighted by molar-refractivity contribution is -0.120. The Labute approximate surface area is 195 Å². The molecule has 0 spiro atoms. The van der Waals surface area contributed by atoms with E-state index in [0.29, 0.717) is 31.6 Å². The monoisotopic (exact) mass is 520 g/mol. The van der Waals surface area contributed by atoms with Crippen LogP contribution < -0.4 is 11.0 Å². The van der Waals surface area contributed by atoms with Crippen LogP contribution in [0, 0.1) is 5.92 Å². The van der Waals surface area contributed by atoms with E-state index in [1.54, 1.807) is 47.5 Å². The van der Waals surface area contributed by atoms with Crippen LogP contribution in [0.4, 0.5) is 5.69 Å². The van der Waals surface area contributed by atoms with Gasteiger partial charge in [0.15, 0.2) is 0 Å². The number of rotatable bonds is 5. The first kappa shape index (κ1) is 22.8. The summed E-state index contributed by atoms with van der Waals surface area (Å²) in [7, 11) is -0.0315. The van der Waals surface area contributed by atoms with E-state index in [0.717, 1.165) is 21.1 Å². The van der Waals surface area contributed by atoms with Crippen LogP contribution in [-0.4, -0.2) is 40.9 Å². The first-order valence-electron chi connectivity index (χ1n) is 10.3. The smallest absolute Gasteiger partial charge is 0.326 e. The zero-order chi connectivity index (χ0) is 23.0. The molecule has 1 aromatic heterocycles. The molecule has 0 radical (unpaired) electrons. The molecule has 1 saturated heterocycles. The van der Waals surface area contributed by atoms with Crippen molar-refractivity contribution in [1.29, 1.82) is 0 Å². The van der Waals surface area contributed by atoms with Crippen LogP contribution in [0.2, 0.25) is 0 Å². The SMILES string of the molecule is Cn1c(=O)n(C)c2cc(NC(=O)C3CCN(S(=O)(=O)Cc4ccc(Br)cc4)CC3)ccc21. The predicted molar refractivity (Wildman–Crippen MR) is 128 cm³/mol. The van der Waals surface area contributed by atoms with Crippen LogP contribution >= 0.6 is 15.9 Å². The maximum absolute atomic E-state index is 12.8. The first-order chi connectivity index (χ1) is 15.2. The number of carbonyl (C=O) groups excluding carboxylic acids is 1. The number of carbonyl (C=O) groups is 1. The van der Waals surface area contributed by atoms with Gasteiger partial charge in [0.25, 0.3) is 0 Å². The number of sulfonamides is 1. The Morgan fingerprint density at radius 2 is 1.66 bits per heavy atom. The topological polar surface area (TPSA) is 93.4 Å². The molecule has 0 atom stereocenters. The Morgan fingerprint density at radius 3 is 2.31 bits per heavy atom. The molecule has 2 heterocycles. The number of imidazole rings is 1. The second-order valence-electron chi connectivity index (χ2n) is 8.15. The van der Waals surface area contributed by atoms with Crippen molar-refractivity contribution in [2.75, 3.05) is 18.4 Å². The maximum atomic E-state index is 12.8. The van der Waals surface area contributed by atoms with Gasteiger partial charge in [0.05, 0.1) is 16.8 Å². The molecule has 1 aliphatic rings. The normalized spacial score (nSPS) is 15.8. The van der Waals surface area contributed by atoms with Gasteiger partial charge < -0.3 is 5.32 Å². The summed E-state index contributed by atoms with van der Waals surface area (Å²) in [6.07, 6.45) is 0.939. The van der Waals surface area contributed by atoms with Gasteiger partial charge in [-0.3, -0.25) is 13.9 Å². The highest BCUT2D eigenvalue weighted by atomic mass is 79.9. The van der Waals surface area contributed by atoms with Gasteiger partial charge in [-0.15, -0.1) is 0 Å². The zero-order valence-corrected chi connectivity index (χ0v) is 20.3. The molecule has 32 heavy (non-hydrogen) atoms. The van der Waals surface area contributed by atoms with Gasteiger partial charge >= 0.3 is 5.69 Å². The average Bonchev–Trinajstić information content (AvgIpc) is 2.99. The molecule has 1 amide bonds. The largest absolute Gasteiger partial charge is 0.328 e. The van der Waals surface area contributed by atoms with E-state index < -0.39 is 10.0 Å². The van der Waals surface area contributed by atoms with Crippen molar-refractivity contribution in [3.63, 3.8) is 0 Å². The molecule has 3 aromatic rings. The molecule has 1 fully saturated rings. The fraction of sp³-hybridized carbons (Fsp3) is 0.364. The third-order valence-corrected chi connectivity index (χ3v) is 8.40. The van der Waals surface area contributed by atoms with Crippen LogP contribution in [0.3, 0.4) is 0 Å². The number of piperidine rings is 1. The maximum Gasteiger partial charge on any atom is 0.328 e. The summed E-state index contributed by atoms with van der Waals surface area (Å²) in [6.45, 7) is 0.645. The van der Waals surface area contributed by atoms with Gasteiger partial charge in [0.2, 0.25) is 15.9 Å². The second kappa shape index (κ2) is 8.84. The van der Waals surface area contributed by atoms with E-state index in [2.05, 4.69) is 21.2 Å². The van der Waals surface area contributed by atoms with Crippen LogP contribution in [0.5, 0.6) is 0 Å². The highest BCUT2D eigenvalue weighted by Gasteiger charge is 2.31. The number of hydrogen-bond donors (Lipinski definition) is 1. The van der Waals surface area contributed by atoms with Crippen molar-refractivity contribution in [2.24, 2.45) is 20.0 Å². The third kappa shape index (κ3) is 4.53. The minimum absolute atomic E-state index is 0.0487. The molecule has 0 bridgehead atoms. The highest BCUT2D eigenvalue weighted by molar-refractivity contribution is 9.10. The number of aryl methyl sites for hydroxylation is 2. The standard InChI is InChI=1S/C22H25BrN4O4S/c1-25-19-8-7-18(13-20(19)26(2)22(25)29)24-21(28)16-9-11-27(12-10-16)32(30,31)14-15-3-5-17(23)6-4-15/h3-8,13,16H,9-12,14H2,1-2H3,(H,24,28). The van der Waals surface area contributed by atoms with Gasteiger partial charge in [-0.05, 0) is 48.7 Å². The highest BCUT2D eigenvalue weighted by Crippen LogP contribution is 2.24. The molecule has 1 aliphatic heterocycles. The number of amides is 1. The lowest BCUT2D eigenvalue weighted by Crippen LogP contribution is -2.41. The fourth-order valence-corrected chi connectivity index (χ4v) is 5.94. The van der Waals surface area contributed by atoms with E-state index in [1.807, 2.05) is 18.2 Å². The molecule has 0 saturated carbocycles. The molecule has 0 unspecified atom stereocenters. The van der Waals surface area contributed by atoms with Crippen LogP contribution in [0.15, 0.2) is 51.7 Å². The molecule has 170 valence electrons. The van der Waals surface area contributed by atoms with Crippen molar-refractivity contribution in [2.45, 2.75) is 18.6 Å². The molecular formula is C22H25BrN4O4S. The summed E-state index contributed by atoms with van der Waals surface area (Å²) in [5, 5.41) is 2.92. The summed E-state index contributed by atoms with van der Waals surface area (Å²) in [5.74, 6) is -0.438. The predicted octanol–water partition coefficient (Wildman–Crippen LogP) is 2.82. The Kier molecular flexibility index (Phi) is 6.28. The molecule has 4 rings (SSSR count). The van der Waals surface area contributed by atoms with Crippen LogP contribution in [0.1, 0.15) is 18.4 Å². The van der Waals surface area contributed by atoms with Crippen molar-refractivity contribution in [3.8, 4) is 0 Å². The Bertz CT molecular complexity index is 1320. The number of aromatic nitrogens is 2. The second-order valence-corrected chi connectivity index (χ2v) is 11.0. The van der Waals surface area contributed by atoms with Crippen molar-refractivity contribution >= 4 is 48.6 Å². The Morgan fingerprint density at radius 1 is 1.03 bits per heavy atom. The summed E-state index contributed by atoms with van der Waals surface area (Å²) in [6, 6.07) is 12.6. The van der Waals surface area contributed by atoms with Gasteiger partial charge in [-0.25, -0.2) is 17.5 Å². The fourth-order valence-electron chi connectivity index (χ4n) is 4.11.